The van der Waals surface area contributed by atoms with Crippen molar-refractivity contribution in [2.75, 3.05) is 0 Å². The summed E-state index contributed by atoms with van der Waals surface area (Å²) in [5.74, 6) is 0.0196. The summed E-state index contributed by atoms with van der Waals surface area (Å²) in [6.45, 7) is 0. The van der Waals surface area contributed by atoms with Gasteiger partial charge in [0.05, 0.1) is 0 Å². The van der Waals surface area contributed by atoms with Crippen LogP contribution in [0, 0.1) is 0 Å². The van der Waals surface area contributed by atoms with Crippen LogP contribution in [0.3, 0.4) is 0 Å². The lowest BCUT2D eigenvalue weighted by Gasteiger charge is -1.94. The van der Waals surface area contributed by atoms with Gasteiger partial charge in [-0.15, -0.1) is 0 Å². The fourth-order valence-electron chi connectivity index (χ4n) is 1.28. The van der Waals surface area contributed by atoms with Gasteiger partial charge in [-0.2, -0.15) is 0 Å². The van der Waals surface area contributed by atoms with Crippen molar-refractivity contribution in [2.24, 2.45) is 0 Å². The molecule has 2 nitrogen and oxygen atoms in total. The fourth-order valence-corrected chi connectivity index (χ4v) is 1.28. The Balaban J connectivity index is 0.00000112. The van der Waals surface area contributed by atoms with Crippen LogP contribution >= 0.6 is 0 Å². The van der Waals surface area contributed by atoms with E-state index in [-0.39, 0.29) is 18.2 Å². The molecular formula is C12H10ClNO. The molecule has 0 bridgehead atoms. The van der Waals surface area contributed by atoms with Crippen molar-refractivity contribution < 1.29 is 22.2 Å². The monoisotopic (exact) mass is 219 g/mol. The van der Waals surface area contributed by atoms with Crippen molar-refractivity contribution in [3.05, 3.63) is 66.0 Å². The van der Waals surface area contributed by atoms with E-state index in [1.54, 1.807) is 12.3 Å². The van der Waals surface area contributed by atoms with Crippen molar-refractivity contribution in [1.29, 1.82) is 0 Å². The number of aromatic nitrogens is 1. The Hall–Kier alpha value is -1.67. The first-order valence-corrected chi connectivity index (χ1v) is 4.44. The van der Waals surface area contributed by atoms with E-state index < -0.39 is 0 Å². The van der Waals surface area contributed by atoms with Gasteiger partial charge >= 0.3 is 0 Å². The Labute approximate surface area is 94.4 Å². The maximum atomic E-state index is 11.8. The van der Waals surface area contributed by atoms with E-state index in [1.165, 1.54) is 0 Å². The Morgan fingerprint density at radius 1 is 0.933 bits per heavy atom. The molecule has 0 radical (unpaired) electrons. The van der Waals surface area contributed by atoms with Gasteiger partial charge in [0.25, 0.3) is 11.5 Å². The van der Waals surface area contributed by atoms with Crippen molar-refractivity contribution >= 4 is 5.78 Å². The summed E-state index contributed by atoms with van der Waals surface area (Å²) in [4.78, 5) is 14.7. The first-order chi connectivity index (χ1) is 6.88. The summed E-state index contributed by atoms with van der Waals surface area (Å²) in [6.07, 6.45) is 1.75. The van der Waals surface area contributed by atoms with E-state index in [0.717, 1.165) is 0 Å². The van der Waals surface area contributed by atoms with E-state index in [1.807, 2.05) is 42.5 Å². The maximum Gasteiger partial charge on any atom is 0.256 e. The molecule has 3 heteroatoms. The minimum absolute atomic E-state index is 0. The molecule has 76 valence electrons. The summed E-state index contributed by atoms with van der Waals surface area (Å²) in [6, 6.07) is 14.7. The third-order valence-corrected chi connectivity index (χ3v) is 1.99. The summed E-state index contributed by atoms with van der Waals surface area (Å²) < 4.78 is 0. The number of aromatic amines is 1. The van der Waals surface area contributed by atoms with Gasteiger partial charge in [-0.25, -0.2) is 4.98 Å². The van der Waals surface area contributed by atoms with Gasteiger partial charge in [-0.05, 0) is 6.07 Å². The smallest absolute Gasteiger partial charge is 0.256 e. The largest absolute Gasteiger partial charge is 1.00 e. The highest BCUT2D eigenvalue weighted by Crippen LogP contribution is 2.04. The normalized spacial score (nSPS) is 9.07. The lowest BCUT2D eigenvalue weighted by atomic mass is 10.1. The fraction of sp³-hybridized carbons (Fsp3) is 0. The molecule has 0 aliphatic heterocycles. The van der Waals surface area contributed by atoms with Crippen molar-refractivity contribution in [1.82, 2.24) is 0 Å². The molecule has 0 saturated carbocycles. The number of carbonyl (C=O) groups is 1. The molecule has 0 saturated heterocycles. The number of carbonyl (C=O) groups excluding carboxylic acids is 1. The number of ketones is 1. The molecule has 0 aliphatic rings. The van der Waals surface area contributed by atoms with Gasteiger partial charge in [0, 0.05) is 17.7 Å². The van der Waals surface area contributed by atoms with Crippen LogP contribution in [0.25, 0.3) is 0 Å². The minimum atomic E-state index is 0. The standard InChI is InChI=1S/C12H9NO.ClH/c14-12(10-6-2-1-3-7-10)11-8-4-5-9-13-11;/h1-9H;1H. The molecule has 0 unspecified atom stereocenters. The van der Waals surface area contributed by atoms with Crippen molar-refractivity contribution in [3.8, 4) is 0 Å². The third-order valence-electron chi connectivity index (χ3n) is 1.99. The second kappa shape index (κ2) is 5.27. The topological polar surface area (TPSA) is 31.2 Å². The summed E-state index contributed by atoms with van der Waals surface area (Å²) in [5.41, 5.74) is 1.31. The molecule has 0 aliphatic carbocycles. The SMILES string of the molecule is O=C(c1ccccc1)c1cccc[nH+]1.[Cl-]. The van der Waals surface area contributed by atoms with Gasteiger partial charge in [0.1, 0.15) is 0 Å². The average molecular weight is 220 g/mol. The van der Waals surface area contributed by atoms with Gasteiger partial charge in [0.2, 0.25) is 0 Å². The van der Waals surface area contributed by atoms with E-state index in [9.17, 15) is 4.79 Å². The van der Waals surface area contributed by atoms with Crippen LogP contribution in [0.1, 0.15) is 16.1 Å². The van der Waals surface area contributed by atoms with E-state index in [2.05, 4.69) is 4.98 Å². The molecule has 0 fully saturated rings. The van der Waals surface area contributed by atoms with Crippen LogP contribution in [0.2, 0.25) is 0 Å². The second-order valence-corrected chi connectivity index (χ2v) is 2.97. The highest BCUT2D eigenvalue weighted by molar-refractivity contribution is 6.06. The molecule has 0 atom stereocenters. The van der Waals surface area contributed by atoms with Crippen LogP contribution in [-0.4, -0.2) is 5.78 Å². The molecule has 0 amide bonds. The molecule has 15 heavy (non-hydrogen) atoms. The molecule has 2 rings (SSSR count). The van der Waals surface area contributed by atoms with Gasteiger partial charge < -0.3 is 12.4 Å². The Morgan fingerprint density at radius 2 is 1.60 bits per heavy atom. The maximum absolute atomic E-state index is 11.8. The van der Waals surface area contributed by atoms with E-state index >= 15 is 0 Å². The lowest BCUT2D eigenvalue weighted by molar-refractivity contribution is -0.381. The predicted octanol–water partition coefficient (Wildman–Crippen LogP) is -1.26. The van der Waals surface area contributed by atoms with Crippen molar-refractivity contribution in [3.63, 3.8) is 0 Å². The predicted molar refractivity (Wildman–Crippen MR) is 52.9 cm³/mol. The van der Waals surface area contributed by atoms with Crippen LogP contribution in [0.4, 0.5) is 0 Å². The molecule has 2 aromatic rings. The number of nitrogens with one attached hydrogen (secondary N) is 1. The van der Waals surface area contributed by atoms with Gasteiger partial charge in [-0.3, -0.25) is 4.79 Å². The number of halogens is 1. The van der Waals surface area contributed by atoms with Crippen LogP contribution in [0.5, 0.6) is 0 Å². The highest BCUT2D eigenvalue weighted by atomic mass is 35.5. The first-order valence-electron chi connectivity index (χ1n) is 4.44. The van der Waals surface area contributed by atoms with Crippen molar-refractivity contribution in [2.45, 2.75) is 0 Å². The average Bonchev–Trinajstić information content (AvgIpc) is 2.30. The zero-order valence-electron chi connectivity index (χ0n) is 7.98. The van der Waals surface area contributed by atoms with Gasteiger partial charge in [-0.1, -0.05) is 30.3 Å². The number of H-pyrrole nitrogens is 1. The van der Waals surface area contributed by atoms with Crippen LogP contribution in [-0.2, 0) is 0 Å². The summed E-state index contributed by atoms with van der Waals surface area (Å²) in [7, 11) is 0. The summed E-state index contributed by atoms with van der Waals surface area (Å²) >= 11 is 0. The zero-order chi connectivity index (χ0) is 9.80. The summed E-state index contributed by atoms with van der Waals surface area (Å²) in [5, 5.41) is 0. The zero-order valence-corrected chi connectivity index (χ0v) is 8.74. The number of rotatable bonds is 2. The Kier molecular flexibility index (Phi) is 4.01. The Bertz CT molecular complexity index is 386. The second-order valence-electron chi connectivity index (χ2n) is 2.97. The van der Waals surface area contributed by atoms with E-state index in [0.29, 0.717) is 11.3 Å². The Morgan fingerprint density at radius 3 is 2.20 bits per heavy atom. The first kappa shape index (κ1) is 11.4. The molecular weight excluding hydrogens is 210 g/mol. The highest BCUT2D eigenvalue weighted by Gasteiger charge is 2.13. The molecule has 1 aromatic heterocycles. The number of hydrogen-bond acceptors (Lipinski definition) is 1. The minimum Gasteiger partial charge on any atom is -1.00 e. The van der Waals surface area contributed by atoms with Crippen LogP contribution in [0.15, 0.2) is 54.7 Å². The third kappa shape index (κ3) is 2.64. The molecule has 0 spiro atoms. The van der Waals surface area contributed by atoms with Gasteiger partial charge in [0.15, 0.2) is 6.20 Å². The quantitative estimate of drug-likeness (QED) is 0.580. The van der Waals surface area contributed by atoms with E-state index in [4.69, 9.17) is 0 Å². The lowest BCUT2D eigenvalue weighted by Crippen LogP contribution is -3.00. The number of pyridine rings is 1. The number of benzene rings is 1. The number of hydrogen-bond donors (Lipinski definition) is 0. The molecule has 1 aromatic carbocycles. The van der Waals surface area contributed by atoms with Crippen LogP contribution < -0.4 is 17.4 Å². The molecule has 1 N–H and O–H groups in total. The molecule has 1 heterocycles.